The Morgan fingerprint density at radius 1 is 0.821 bits per heavy atom. The van der Waals surface area contributed by atoms with Gasteiger partial charge in [0.05, 0.1) is 31.3 Å². The lowest BCUT2D eigenvalue weighted by Crippen LogP contribution is -2.44. The van der Waals surface area contributed by atoms with Crippen LogP contribution in [0.25, 0.3) is 11.3 Å². The second kappa shape index (κ2) is 11.9. The molecule has 39 heavy (non-hydrogen) atoms. The monoisotopic (exact) mass is 528 g/mol. The lowest BCUT2D eigenvalue weighted by atomic mass is 10.1. The number of nitrogens with one attached hydrogen (secondary N) is 2. The Hall–Kier alpha value is -4.57. The van der Waals surface area contributed by atoms with Crippen molar-refractivity contribution in [2.75, 3.05) is 52.3 Å². The van der Waals surface area contributed by atoms with Gasteiger partial charge in [0.2, 0.25) is 0 Å². The van der Waals surface area contributed by atoms with Crippen molar-refractivity contribution >= 4 is 17.1 Å². The fraction of sp³-hybridized carbons (Fsp3) is 0.276. The van der Waals surface area contributed by atoms with Crippen molar-refractivity contribution in [2.45, 2.75) is 6.61 Å². The summed E-state index contributed by atoms with van der Waals surface area (Å²) in [5.41, 5.74) is 3.65. The zero-order valence-corrected chi connectivity index (χ0v) is 22.3. The van der Waals surface area contributed by atoms with Crippen molar-refractivity contribution in [2.24, 2.45) is 10.2 Å². The van der Waals surface area contributed by atoms with E-state index in [2.05, 4.69) is 37.3 Å². The smallest absolute Gasteiger partial charge is 0.292 e. The Morgan fingerprint density at radius 3 is 2.31 bits per heavy atom. The highest BCUT2D eigenvalue weighted by molar-refractivity contribution is 5.73. The molecule has 0 unspecified atom stereocenters. The summed E-state index contributed by atoms with van der Waals surface area (Å²) in [6.45, 7) is 4.13. The maximum Gasteiger partial charge on any atom is 0.292 e. The van der Waals surface area contributed by atoms with Crippen LogP contribution in [-0.4, -0.2) is 62.5 Å². The van der Waals surface area contributed by atoms with Gasteiger partial charge < -0.3 is 24.0 Å². The molecule has 1 saturated heterocycles. The van der Waals surface area contributed by atoms with Crippen molar-refractivity contribution in [1.82, 2.24) is 15.1 Å². The first kappa shape index (κ1) is 26.1. The molecule has 0 amide bonds. The summed E-state index contributed by atoms with van der Waals surface area (Å²) in [7, 11) is 5.36. The van der Waals surface area contributed by atoms with Crippen LogP contribution in [0, 0.1) is 0 Å². The second-order valence-electron chi connectivity index (χ2n) is 9.29. The number of methoxy groups -OCH3 is 2. The van der Waals surface area contributed by atoms with Crippen LogP contribution in [0.2, 0.25) is 0 Å². The van der Waals surface area contributed by atoms with Crippen LogP contribution >= 0.6 is 0 Å². The average molecular weight is 529 g/mol. The molecular formula is C29H32N6O4. The molecule has 1 aliphatic heterocycles. The molecule has 1 aliphatic rings. The SMILES string of the molecule is COc1cc(-c2[nH][nH]c(=O)c2N=Nc2ccc(OC)c(N3CCN(C)CC3)c2)ccc1OCc1ccccc1. The number of H-pyrrole nitrogens is 2. The molecule has 0 radical (unpaired) electrons. The van der Waals surface area contributed by atoms with E-state index in [0.717, 1.165) is 43.2 Å². The molecule has 1 aromatic heterocycles. The first-order chi connectivity index (χ1) is 19.1. The second-order valence-corrected chi connectivity index (χ2v) is 9.29. The number of rotatable bonds is 9. The van der Waals surface area contributed by atoms with Crippen molar-refractivity contribution in [3.05, 3.63) is 82.6 Å². The minimum Gasteiger partial charge on any atom is -0.495 e. The number of ether oxygens (including phenoxy) is 3. The number of aromatic nitrogens is 2. The van der Waals surface area contributed by atoms with Crippen molar-refractivity contribution in [3.63, 3.8) is 0 Å². The number of piperazine rings is 1. The molecule has 4 aromatic rings. The quantitative estimate of drug-likeness (QED) is 0.292. The Labute approximate surface area is 226 Å². The number of benzene rings is 3. The van der Waals surface area contributed by atoms with Crippen LogP contribution in [0.4, 0.5) is 17.1 Å². The van der Waals surface area contributed by atoms with E-state index in [0.29, 0.717) is 35.1 Å². The van der Waals surface area contributed by atoms with E-state index in [4.69, 9.17) is 14.2 Å². The summed E-state index contributed by atoms with van der Waals surface area (Å²) >= 11 is 0. The fourth-order valence-corrected chi connectivity index (χ4v) is 4.48. The molecule has 5 rings (SSSR count). The van der Waals surface area contributed by atoms with Crippen LogP contribution in [0.5, 0.6) is 17.2 Å². The Morgan fingerprint density at radius 2 is 1.56 bits per heavy atom. The number of aromatic amines is 2. The van der Waals surface area contributed by atoms with Crippen LogP contribution < -0.4 is 24.7 Å². The minimum absolute atomic E-state index is 0.173. The van der Waals surface area contributed by atoms with Gasteiger partial charge in [-0.25, -0.2) is 0 Å². The third-order valence-corrected chi connectivity index (χ3v) is 6.71. The van der Waals surface area contributed by atoms with Crippen LogP contribution in [-0.2, 0) is 6.61 Å². The van der Waals surface area contributed by atoms with Gasteiger partial charge in [-0.2, -0.15) is 5.11 Å². The van der Waals surface area contributed by atoms with Crippen molar-refractivity contribution in [1.29, 1.82) is 0 Å². The van der Waals surface area contributed by atoms with Crippen LogP contribution in [0.3, 0.4) is 0 Å². The summed E-state index contributed by atoms with van der Waals surface area (Å²) in [5, 5.41) is 14.3. The maximum absolute atomic E-state index is 12.6. The van der Waals surface area contributed by atoms with E-state index < -0.39 is 0 Å². The molecule has 3 aromatic carbocycles. The molecule has 0 spiro atoms. The van der Waals surface area contributed by atoms with Gasteiger partial charge in [0.1, 0.15) is 12.4 Å². The number of nitrogens with zero attached hydrogens (tertiary/aromatic N) is 4. The molecule has 0 saturated carbocycles. The predicted octanol–water partition coefficient (Wildman–Crippen LogP) is 5.13. The minimum atomic E-state index is -0.370. The zero-order valence-electron chi connectivity index (χ0n) is 22.3. The van der Waals surface area contributed by atoms with Gasteiger partial charge in [0, 0.05) is 31.7 Å². The molecule has 0 atom stereocenters. The summed E-state index contributed by atoms with van der Waals surface area (Å²) in [5.74, 6) is 1.92. The zero-order chi connectivity index (χ0) is 27.2. The first-order valence-corrected chi connectivity index (χ1v) is 12.7. The third kappa shape index (κ3) is 5.96. The topological polar surface area (TPSA) is 108 Å². The summed E-state index contributed by atoms with van der Waals surface area (Å²) in [6, 6.07) is 21.0. The lowest BCUT2D eigenvalue weighted by Gasteiger charge is -2.34. The average Bonchev–Trinajstić information content (AvgIpc) is 3.35. The highest BCUT2D eigenvalue weighted by Gasteiger charge is 2.19. The van der Waals surface area contributed by atoms with Gasteiger partial charge in [-0.3, -0.25) is 15.0 Å². The van der Waals surface area contributed by atoms with E-state index in [1.807, 2.05) is 60.7 Å². The number of hydrogen-bond donors (Lipinski definition) is 2. The third-order valence-electron chi connectivity index (χ3n) is 6.71. The van der Waals surface area contributed by atoms with Crippen LogP contribution in [0.1, 0.15) is 5.56 Å². The molecule has 0 aliphatic carbocycles. The highest BCUT2D eigenvalue weighted by atomic mass is 16.5. The van der Waals surface area contributed by atoms with E-state index >= 15 is 0 Å². The van der Waals surface area contributed by atoms with Gasteiger partial charge >= 0.3 is 0 Å². The molecule has 2 N–H and O–H groups in total. The Bertz CT molecular complexity index is 1490. The molecule has 202 valence electrons. The predicted molar refractivity (Wildman–Crippen MR) is 151 cm³/mol. The van der Waals surface area contributed by atoms with Gasteiger partial charge in [-0.05, 0) is 49.0 Å². The molecule has 10 nitrogen and oxygen atoms in total. The molecule has 10 heteroatoms. The largest absolute Gasteiger partial charge is 0.495 e. The molecule has 0 bridgehead atoms. The van der Waals surface area contributed by atoms with Gasteiger partial charge in [0.25, 0.3) is 5.56 Å². The number of anilines is 1. The number of hydrogen-bond acceptors (Lipinski definition) is 8. The van der Waals surface area contributed by atoms with Crippen molar-refractivity contribution < 1.29 is 14.2 Å². The molecule has 2 heterocycles. The van der Waals surface area contributed by atoms with E-state index in [1.165, 1.54) is 0 Å². The standard InChI is InChI=1S/C29H32N6O4/c1-34-13-15-35(16-14-34)23-18-22(10-12-24(23)37-2)30-32-28-27(31-33-29(28)36)21-9-11-25(26(17-21)38-3)39-19-20-7-5-4-6-8-20/h4-12,17-18H,13-16,19H2,1-3H3,(H2,31,33,36). The van der Waals surface area contributed by atoms with E-state index in [1.54, 1.807) is 20.3 Å². The fourth-order valence-electron chi connectivity index (χ4n) is 4.48. The van der Waals surface area contributed by atoms with E-state index in [9.17, 15) is 4.79 Å². The summed E-state index contributed by atoms with van der Waals surface area (Å²) in [4.78, 5) is 17.2. The van der Waals surface area contributed by atoms with Crippen molar-refractivity contribution in [3.8, 4) is 28.5 Å². The molecular weight excluding hydrogens is 496 g/mol. The maximum atomic E-state index is 12.6. The van der Waals surface area contributed by atoms with Gasteiger partial charge in [-0.15, -0.1) is 5.11 Å². The van der Waals surface area contributed by atoms with Gasteiger partial charge in [0.15, 0.2) is 17.2 Å². The molecule has 1 fully saturated rings. The highest BCUT2D eigenvalue weighted by Crippen LogP contribution is 2.36. The normalized spacial score (nSPS) is 14.1. The summed E-state index contributed by atoms with van der Waals surface area (Å²) < 4.78 is 17.1. The Kier molecular flexibility index (Phi) is 7.93. The number of azo groups is 1. The Balaban J connectivity index is 1.38. The first-order valence-electron chi connectivity index (χ1n) is 12.7. The summed E-state index contributed by atoms with van der Waals surface area (Å²) in [6.07, 6.45) is 0. The number of likely N-dealkylation sites (N-methyl/N-ethyl adjacent to an activating group) is 1. The van der Waals surface area contributed by atoms with Gasteiger partial charge in [-0.1, -0.05) is 30.3 Å². The van der Waals surface area contributed by atoms with E-state index in [-0.39, 0.29) is 11.2 Å². The van der Waals surface area contributed by atoms with Crippen LogP contribution in [0.15, 0.2) is 81.8 Å². The lowest BCUT2D eigenvalue weighted by molar-refractivity contribution is 0.284.